The molecule has 0 radical (unpaired) electrons. The second kappa shape index (κ2) is 6.91. The zero-order chi connectivity index (χ0) is 14.4. The van der Waals surface area contributed by atoms with Crippen LogP contribution >= 0.6 is 0 Å². The van der Waals surface area contributed by atoms with Gasteiger partial charge in [0.15, 0.2) is 0 Å². The number of benzene rings is 2. The van der Waals surface area contributed by atoms with E-state index in [1.807, 2.05) is 37.3 Å². The van der Waals surface area contributed by atoms with Crippen LogP contribution in [0.25, 0.3) is 0 Å². The van der Waals surface area contributed by atoms with Crippen molar-refractivity contribution in [3.8, 4) is 11.5 Å². The summed E-state index contributed by atoms with van der Waals surface area (Å²) >= 11 is 0. The molecule has 0 aliphatic heterocycles. The maximum Gasteiger partial charge on any atom is 0.123 e. The highest BCUT2D eigenvalue weighted by Gasteiger charge is 2.02. The molecule has 0 atom stereocenters. The van der Waals surface area contributed by atoms with Crippen LogP contribution in [0.4, 0.5) is 4.39 Å². The summed E-state index contributed by atoms with van der Waals surface area (Å²) in [6.45, 7) is 3.18. The largest absolute Gasteiger partial charge is 0.494 e. The third-order valence-corrected chi connectivity index (χ3v) is 2.79. The topological polar surface area (TPSA) is 44.5 Å². The maximum absolute atomic E-state index is 13.4. The van der Waals surface area contributed by atoms with Gasteiger partial charge in [0.05, 0.1) is 6.61 Å². The fourth-order valence-electron chi connectivity index (χ4n) is 1.88. The molecule has 0 unspecified atom stereocenters. The van der Waals surface area contributed by atoms with E-state index in [2.05, 4.69) is 0 Å². The monoisotopic (exact) mass is 275 g/mol. The normalized spacial score (nSPS) is 10.3. The Morgan fingerprint density at radius 1 is 0.950 bits per heavy atom. The number of ether oxygens (including phenoxy) is 2. The summed E-state index contributed by atoms with van der Waals surface area (Å²) in [5.74, 6) is 1.22. The van der Waals surface area contributed by atoms with Crippen LogP contribution in [-0.4, -0.2) is 6.61 Å². The molecule has 2 N–H and O–H groups in total. The summed E-state index contributed by atoms with van der Waals surface area (Å²) in [5.41, 5.74) is 7.04. The van der Waals surface area contributed by atoms with Gasteiger partial charge >= 0.3 is 0 Å². The van der Waals surface area contributed by atoms with Gasteiger partial charge in [0.25, 0.3) is 0 Å². The number of hydrogen-bond acceptors (Lipinski definition) is 3. The van der Waals surface area contributed by atoms with Gasteiger partial charge in [-0.15, -0.1) is 0 Å². The minimum Gasteiger partial charge on any atom is -0.494 e. The first kappa shape index (κ1) is 14.3. The minimum atomic E-state index is -0.293. The van der Waals surface area contributed by atoms with Gasteiger partial charge in [0.1, 0.15) is 23.9 Å². The second-order valence-corrected chi connectivity index (χ2v) is 4.36. The van der Waals surface area contributed by atoms with Crippen LogP contribution in [0.2, 0.25) is 0 Å². The predicted molar refractivity (Wildman–Crippen MR) is 76.2 cm³/mol. The Labute approximate surface area is 118 Å². The van der Waals surface area contributed by atoms with E-state index in [4.69, 9.17) is 15.2 Å². The van der Waals surface area contributed by atoms with Crippen molar-refractivity contribution in [3.63, 3.8) is 0 Å². The first-order valence-electron chi connectivity index (χ1n) is 6.55. The lowest BCUT2D eigenvalue weighted by molar-refractivity contribution is 0.303. The number of rotatable bonds is 6. The molecule has 0 amide bonds. The second-order valence-electron chi connectivity index (χ2n) is 4.36. The van der Waals surface area contributed by atoms with E-state index in [-0.39, 0.29) is 5.82 Å². The SMILES string of the molecule is CCOc1ccc(OCc2cc(F)cc(CN)c2)cc1. The van der Waals surface area contributed by atoms with Crippen molar-refractivity contribution in [2.24, 2.45) is 5.73 Å². The highest BCUT2D eigenvalue weighted by Crippen LogP contribution is 2.19. The molecule has 2 aromatic carbocycles. The summed E-state index contributed by atoms with van der Waals surface area (Å²) in [5, 5.41) is 0. The van der Waals surface area contributed by atoms with Crippen LogP contribution in [-0.2, 0) is 13.2 Å². The lowest BCUT2D eigenvalue weighted by Crippen LogP contribution is -2.01. The summed E-state index contributed by atoms with van der Waals surface area (Å²) < 4.78 is 24.3. The lowest BCUT2D eigenvalue weighted by Gasteiger charge is -2.09. The van der Waals surface area contributed by atoms with E-state index in [1.54, 1.807) is 0 Å². The smallest absolute Gasteiger partial charge is 0.123 e. The van der Waals surface area contributed by atoms with Crippen LogP contribution in [0, 0.1) is 5.82 Å². The van der Waals surface area contributed by atoms with E-state index in [9.17, 15) is 4.39 Å². The third-order valence-electron chi connectivity index (χ3n) is 2.79. The van der Waals surface area contributed by atoms with Crippen LogP contribution in [0.15, 0.2) is 42.5 Å². The molecule has 0 aromatic heterocycles. The first-order chi connectivity index (χ1) is 9.71. The standard InChI is InChI=1S/C16H18FNO2/c1-2-19-15-3-5-16(6-4-15)20-11-13-7-12(10-18)8-14(17)9-13/h3-9H,2,10-11,18H2,1H3. The number of nitrogens with two attached hydrogens (primary N) is 1. The van der Waals surface area contributed by atoms with Crippen LogP contribution in [0.5, 0.6) is 11.5 Å². The van der Waals surface area contributed by atoms with Crippen molar-refractivity contribution in [2.75, 3.05) is 6.61 Å². The molecule has 2 rings (SSSR count). The fraction of sp³-hybridized carbons (Fsp3) is 0.250. The molecule has 0 spiro atoms. The van der Waals surface area contributed by atoms with E-state index in [0.717, 1.165) is 16.9 Å². The Hall–Kier alpha value is -2.07. The molecule has 0 heterocycles. The number of halogens is 1. The number of hydrogen-bond donors (Lipinski definition) is 1. The van der Waals surface area contributed by atoms with Crippen LogP contribution in [0.3, 0.4) is 0 Å². The van der Waals surface area contributed by atoms with Gasteiger partial charge in [-0.2, -0.15) is 0 Å². The zero-order valence-electron chi connectivity index (χ0n) is 11.4. The molecule has 0 bridgehead atoms. The first-order valence-corrected chi connectivity index (χ1v) is 6.55. The predicted octanol–water partition coefficient (Wildman–Crippen LogP) is 3.26. The molecule has 0 fully saturated rings. The molecule has 0 saturated heterocycles. The van der Waals surface area contributed by atoms with Crippen molar-refractivity contribution >= 4 is 0 Å². The molecular formula is C16H18FNO2. The Kier molecular flexibility index (Phi) is 4.96. The molecule has 0 aliphatic rings. The average molecular weight is 275 g/mol. The molecular weight excluding hydrogens is 257 g/mol. The van der Waals surface area contributed by atoms with Gasteiger partial charge in [0.2, 0.25) is 0 Å². The van der Waals surface area contributed by atoms with Crippen molar-refractivity contribution in [2.45, 2.75) is 20.1 Å². The minimum absolute atomic E-state index is 0.293. The van der Waals surface area contributed by atoms with Crippen LogP contribution in [0.1, 0.15) is 18.1 Å². The van der Waals surface area contributed by atoms with Crippen LogP contribution < -0.4 is 15.2 Å². The summed E-state index contributed by atoms with van der Waals surface area (Å²) in [6, 6.07) is 12.1. The molecule has 2 aromatic rings. The summed E-state index contributed by atoms with van der Waals surface area (Å²) in [4.78, 5) is 0. The summed E-state index contributed by atoms with van der Waals surface area (Å²) in [6.07, 6.45) is 0. The average Bonchev–Trinajstić information content (AvgIpc) is 2.46. The van der Waals surface area contributed by atoms with Crippen molar-refractivity contribution in [1.29, 1.82) is 0 Å². The van der Waals surface area contributed by atoms with Crippen molar-refractivity contribution in [3.05, 3.63) is 59.4 Å². The molecule has 0 aliphatic carbocycles. The maximum atomic E-state index is 13.4. The van der Waals surface area contributed by atoms with Gasteiger partial charge < -0.3 is 15.2 Å². The van der Waals surface area contributed by atoms with E-state index >= 15 is 0 Å². The molecule has 106 valence electrons. The molecule has 0 saturated carbocycles. The van der Waals surface area contributed by atoms with Gasteiger partial charge in [-0.05, 0) is 54.4 Å². The van der Waals surface area contributed by atoms with E-state index < -0.39 is 0 Å². The van der Waals surface area contributed by atoms with Gasteiger partial charge in [-0.25, -0.2) is 4.39 Å². The third kappa shape index (κ3) is 3.96. The molecule has 4 heteroatoms. The Balaban J connectivity index is 1.99. The van der Waals surface area contributed by atoms with Crippen molar-refractivity contribution in [1.82, 2.24) is 0 Å². The lowest BCUT2D eigenvalue weighted by atomic mass is 10.1. The van der Waals surface area contributed by atoms with Gasteiger partial charge in [0, 0.05) is 6.54 Å². The Bertz CT molecular complexity index is 555. The zero-order valence-corrected chi connectivity index (χ0v) is 11.4. The fourth-order valence-corrected chi connectivity index (χ4v) is 1.88. The molecule has 3 nitrogen and oxygen atoms in total. The van der Waals surface area contributed by atoms with E-state index in [0.29, 0.717) is 25.5 Å². The Morgan fingerprint density at radius 3 is 2.15 bits per heavy atom. The van der Waals surface area contributed by atoms with Crippen molar-refractivity contribution < 1.29 is 13.9 Å². The van der Waals surface area contributed by atoms with Gasteiger partial charge in [-0.3, -0.25) is 0 Å². The van der Waals surface area contributed by atoms with E-state index in [1.165, 1.54) is 12.1 Å². The summed E-state index contributed by atoms with van der Waals surface area (Å²) in [7, 11) is 0. The quantitative estimate of drug-likeness (QED) is 0.880. The van der Waals surface area contributed by atoms with Gasteiger partial charge in [-0.1, -0.05) is 6.07 Å². The Morgan fingerprint density at radius 2 is 1.55 bits per heavy atom. The highest BCUT2D eigenvalue weighted by atomic mass is 19.1. The highest BCUT2D eigenvalue weighted by molar-refractivity contribution is 5.32. The molecule has 20 heavy (non-hydrogen) atoms.